The van der Waals surface area contributed by atoms with Gasteiger partial charge in [0.15, 0.2) is 0 Å². The van der Waals surface area contributed by atoms with E-state index in [0.29, 0.717) is 22.2 Å². The van der Waals surface area contributed by atoms with Gasteiger partial charge in [0.1, 0.15) is 0 Å². The predicted octanol–water partition coefficient (Wildman–Crippen LogP) is 2.53. The molecular formula is C18H14N4O4. The molecule has 0 spiro atoms. The average Bonchev–Trinajstić information content (AvgIpc) is 2.65. The Kier molecular flexibility index (Phi) is 4.57. The molecule has 0 fully saturated rings. The van der Waals surface area contributed by atoms with E-state index in [1.54, 1.807) is 31.2 Å². The average molecular weight is 350 g/mol. The Morgan fingerprint density at radius 1 is 1.00 bits per heavy atom. The van der Waals surface area contributed by atoms with Gasteiger partial charge in [-0.25, -0.2) is 0 Å². The Morgan fingerprint density at radius 2 is 1.65 bits per heavy atom. The maximum absolute atomic E-state index is 12.4. The number of carbonyl (C=O) groups is 2. The molecule has 0 saturated heterocycles. The lowest BCUT2D eigenvalue weighted by atomic mass is 10.1. The molecule has 1 aromatic heterocycles. The number of hydrogen-bond acceptors (Lipinski definition) is 5. The van der Waals surface area contributed by atoms with Gasteiger partial charge in [0.25, 0.3) is 17.5 Å². The lowest BCUT2D eigenvalue weighted by Crippen LogP contribution is -2.41. The Labute approximate surface area is 148 Å². The number of nitrogens with one attached hydrogen (secondary N) is 2. The highest BCUT2D eigenvalue weighted by molar-refractivity contribution is 6.07. The Hall–Kier alpha value is -3.81. The fourth-order valence-electron chi connectivity index (χ4n) is 2.48. The van der Waals surface area contributed by atoms with Gasteiger partial charge in [-0.05, 0) is 31.2 Å². The maximum Gasteiger partial charge on any atom is 0.270 e. The number of hydrazine groups is 1. The van der Waals surface area contributed by atoms with Crippen molar-refractivity contribution in [3.8, 4) is 0 Å². The van der Waals surface area contributed by atoms with Crippen molar-refractivity contribution in [3.05, 3.63) is 81.5 Å². The van der Waals surface area contributed by atoms with Crippen molar-refractivity contribution < 1.29 is 14.5 Å². The minimum absolute atomic E-state index is 0.121. The molecule has 8 nitrogen and oxygen atoms in total. The number of non-ortho nitro benzene ring substituents is 1. The summed E-state index contributed by atoms with van der Waals surface area (Å²) in [4.78, 5) is 39.0. The normalized spacial score (nSPS) is 10.3. The predicted molar refractivity (Wildman–Crippen MR) is 94.5 cm³/mol. The third kappa shape index (κ3) is 3.48. The van der Waals surface area contributed by atoms with Crippen LogP contribution in [0.15, 0.2) is 54.6 Å². The van der Waals surface area contributed by atoms with Crippen LogP contribution in [0.25, 0.3) is 10.9 Å². The summed E-state index contributed by atoms with van der Waals surface area (Å²) in [5.74, 6) is -1.06. The van der Waals surface area contributed by atoms with Gasteiger partial charge in [-0.15, -0.1) is 0 Å². The SMILES string of the molecule is Cc1cc(C(=O)NNC(=O)c2ccc([N+](=O)[O-])cc2)c2ccccc2n1. The molecule has 130 valence electrons. The fourth-order valence-corrected chi connectivity index (χ4v) is 2.48. The molecule has 2 amide bonds. The van der Waals surface area contributed by atoms with E-state index < -0.39 is 16.7 Å². The van der Waals surface area contributed by atoms with Gasteiger partial charge in [0.2, 0.25) is 0 Å². The largest absolute Gasteiger partial charge is 0.270 e. The van der Waals surface area contributed by atoms with E-state index >= 15 is 0 Å². The third-order valence-electron chi connectivity index (χ3n) is 3.72. The highest BCUT2D eigenvalue weighted by Gasteiger charge is 2.14. The lowest BCUT2D eigenvalue weighted by molar-refractivity contribution is -0.384. The van der Waals surface area contributed by atoms with Gasteiger partial charge < -0.3 is 0 Å². The van der Waals surface area contributed by atoms with Crippen LogP contribution in [0, 0.1) is 17.0 Å². The van der Waals surface area contributed by atoms with Crippen LogP contribution in [-0.4, -0.2) is 21.7 Å². The number of aryl methyl sites for hydroxylation is 1. The van der Waals surface area contributed by atoms with Crippen LogP contribution < -0.4 is 10.9 Å². The van der Waals surface area contributed by atoms with Crippen molar-refractivity contribution in [3.63, 3.8) is 0 Å². The molecule has 3 rings (SSSR count). The number of nitrogens with zero attached hydrogens (tertiary/aromatic N) is 2. The van der Waals surface area contributed by atoms with Crippen LogP contribution in [0.2, 0.25) is 0 Å². The number of fused-ring (bicyclic) bond motifs is 1. The van der Waals surface area contributed by atoms with Crippen LogP contribution in [-0.2, 0) is 0 Å². The molecule has 0 bridgehead atoms. The molecule has 0 unspecified atom stereocenters. The fraction of sp³-hybridized carbons (Fsp3) is 0.0556. The monoisotopic (exact) mass is 350 g/mol. The number of hydrogen-bond donors (Lipinski definition) is 2. The maximum atomic E-state index is 12.4. The standard InChI is InChI=1S/C18H14N4O4/c1-11-10-15(14-4-2-3-5-16(14)19-11)18(24)21-20-17(23)12-6-8-13(9-7-12)22(25)26/h2-10H,1H3,(H,20,23)(H,21,24). The van der Waals surface area contributed by atoms with E-state index in [1.807, 2.05) is 6.07 Å². The van der Waals surface area contributed by atoms with E-state index in [4.69, 9.17) is 0 Å². The molecule has 8 heteroatoms. The molecule has 0 aliphatic rings. The zero-order valence-corrected chi connectivity index (χ0v) is 13.7. The molecule has 0 atom stereocenters. The molecule has 0 radical (unpaired) electrons. The van der Waals surface area contributed by atoms with Crippen molar-refractivity contribution in [1.29, 1.82) is 0 Å². The summed E-state index contributed by atoms with van der Waals surface area (Å²) in [5.41, 5.74) is 6.46. The molecule has 3 aromatic rings. The van der Waals surface area contributed by atoms with Gasteiger partial charge in [0, 0.05) is 28.8 Å². The summed E-state index contributed by atoms with van der Waals surface area (Å²) in [6.07, 6.45) is 0. The molecule has 0 aliphatic carbocycles. The zero-order valence-electron chi connectivity index (χ0n) is 13.7. The second-order valence-electron chi connectivity index (χ2n) is 5.54. The van der Waals surface area contributed by atoms with E-state index in [2.05, 4.69) is 15.8 Å². The van der Waals surface area contributed by atoms with Crippen LogP contribution in [0.1, 0.15) is 26.4 Å². The first-order valence-electron chi connectivity index (χ1n) is 7.67. The Morgan fingerprint density at radius 3 is 2.35 bits per heavy atom. The highest BCUT2D eigenvalue weighted by atomic mass is 16.6. The van der Waals surface area contributed by atoms with Gasteiger partial charge >= 0.3 is 0 Å². The minimum Gasteiger partial charge on any atom is -0.267 e. The topological polar surface area (TPSA) is 114 Å². The summed E-state index contributed by atoms with van der Waals surface area (Å²) in [7, 11) is 0. The number of para-hydroxylation sites is 1. The molecule has 26 heavy (non-hydrogen) atoms. The zero-order chi connectivity index (χ0) is 18.7. The first-order chi connectivity index (χ1) is 12.5. The number of nitro groups is 1. The Bertz CT molecular complexity index is 1020. The molecule has 1 heterocycles. The van der Waals surface area contributed by atoms with Crippen molar-refractivity contribution >= 4 is 28.4 Å². The number of aromatic nitrogens is 1. The second-order valence-corrected chi connectivity index (χ2v) is 5.54. The Balaban J connectivity index is 1.75. The van der Waals surface area contributed by atoms with E-state index in [0.717, 1.165) is 0 Å². The third-order valence-corrected chi connectivity index (χ3v) is 3.72. The van der Waals surface area contributed by atoms with Crippen LogP contribution >= 0.6 is 0 Å². The summed E-state index contributed by atoms with van der Waals surface area (Å²) >= 11 is 0. The van der Waals surface area contributed by atoms with Crippen LogP contribution in [0.4, 0.5) is 5.69 Å². The smallest absolute Gasteiger partial charge is 0.267 e. The minimum atomic E-state index is -0.580. The number of amides is 2. The summed E-state index contributed by atoms with van der Waals surface area (Å²) in [6, 6.07) is 13.9. The van der Waals surface area contributed by atoms with Crippen molar-refractivity contribution in [2.75, 3.05) is 0 Å². The number of benzene rings is 2. The van der Waals surface area contributed by atoms with Crippen molar-refractivity contribution in [2.24, 2.45) is 0 Å². The molecule has 2 aromatic carbocycles. The molecular weight excluding hydrogens is 336 g/mol. The van der Waals surface area contributed by atoms with Gasteiger partial charge in [0.05, 0.1) is 16.0 Å². The molecule has 2 N–H and O–H groups in total. The molecule has 0 aliphatic heterocycles. The summed E-state index contributed by atoms with van der Waals surface area (Å²) < 4.78 is 0. The van der Waals surface area contributed by atoms with Crippen molar-refractivity contribution in [1.82, 2.24) is 15.8 Å². The first-order valence-corrected chi connectivity index (χ1v) is 7.67. The quantitative estimate of drug-likeness (QED) is 0.556. The van der Waals surface area contributed by atoms with Crippen LogP contribution in [0.3, 0.4) is 0 Å². The molecule has 0 saturated carbocycles. The van der Waals surface area contributed by atoms with Crippen LogP contribution in [0.5, 0.6) is 0 Å². The number of pyridine rings is 1. The van der Waals surface area contributed by atoms with Gasteiger partial charge in [-0.2, -0.15) is 0 Å². The van der Waals surface area contributed by atoms with Crippen molar-refractivity contribution in [2.45, 2.75) is 6.92 Å². The van der Waals surface area contributed by atoms with Gasteiger partial charge in [-0.1, -0.05) is 18.2 Å². The first kappa shape index (κ1) is 17.0. The second kappa shape index (κ2) is 6.98. The number of nitro benzene ring substituents is 1. The highest BCUT2D eigenvalue weighted by Crippen LogP contribution is 2.18. The summed E-state index contributed by atoms with van der Waals surface area (Å²) in [6.45, 7) is 1.78. The number of rotatable bonds is 3. The lowest BCUT2D eigenvalue weighted by Gasteiger charge is -2.10. The summed E-state index contributed by atoms with van der Waals surface area (Å²) in [5, 5.41) is 11.3. The van der Waals surface area contributed by atoms with Gasteiger partial charge in [-0.3, -0.25) is 35.5 Å². The number of carbonyl (C=O) groups excluding carboxylic acids is 2. The van der Waals surface area contributed by atoms with E-state index in [-0.39, 0.29) is 11.3 Å². The van der Waals surface area contributed by atoms with E-state index in [9.17, 15) is 19.7 Å². The van der Waals surface area contributed by atoms with E-state index in [1.165, 1.54) is 24.3 Å².